The standard InChI is InChI=1S/C15H12Br2ClNO3/c16-12-6-4-7(13(12)17)11-10(6)14(21)19(15(11)22)8-3-5(18)1-2-9(8)20/h1-3,6-7,10-13,20H,4H2/t6-,7-,10-,11-,12-,13+/m0/s1. The van der Waals surface area contributed by atoms with Gasteiger partial charge in [-0.15, -0.1) is 0 Å². The lowest BCUT2D eigenvalue weighted by Gasteiger charge is -2.28. The number of carbonyl (C=O) groups is 2. The van der Waals surface area contributed by atoms with Crippen molar-refractivity contribution in [1.82, 2.24) is 0 Å². The Bertz CT molecular complexity index is 665. The maximum Gasteiger partial charge on any atom is 0.238 e. The third kappa shape index (κ3) is 1.80. The molecule has 1 aliphatic heterocycles. The number of nitrogens with zero attached hydrogens (tertiary/aromatic N) is 1. The molecule has 1 saturated heterocycles. The second-order valence-corrected chi connectivity index (χ2v) is 8.70. The molecule has 4 nitrogen and oxygen atoms in total. The molecule has 0 spiro atoms. The normalized spacial score (nSPS) is 39.7. The number of benzene rings is 1. The van der Waals surface area contributed by atoms with E-state index in [4.69, 9.17) is 11.6 Å². The summed E-state index contributed by atoms with van der Waals surface area (Å²) in [6.07, 6.45) is 0.883. The molecule has 0 unspecified atom stereocenters. The lowest BCUT2D eigenvalue weighted by atomic mass is 9.81. The fourth-order valence-corrected chi connectivity index (χ4v) is 6.30. The number of alkyl halides is 2. The zero-order chi connectivity index (χ0) is 15.8. The molecular formula is C15H12Br2ClNO3. The van der Waals surface area contributed by atoms with Crippen molar-refractivity contribution in [1.29, 1.82) is 0 Å². The molecule has 0 aromatic heterocycles. The summed E-state index contributed by atoms with van der Waals surface area (Å²) in [5.41, 5.74) is 0.188. The van der Waals surface area contributed by atoms with Crippen molar-refractivity contribution >= 4 is 61.0 Å². The topological polar surface area (TPSA) is 57.6 Å². The third-order valence-corrected chi connectivity index (χ3v) is 8.61. The zero-order valence-corrected chi connectivity index (χ0v) is 15.2. The van der Waals surface area contributed by atoms with Gasteiger partial charge in [0.1, 0.15) is 5.75 Å². The fraction of sp³-hybridized carbons (Fsp3) is 0.467. The highest BCUT2D eigenvalue weighted by molar-refractivity contribution is 9.12. The predicted octanol–water partition coefficient (Wildman–Crippen LogP) is 3.33. The minimum atomic E-state index is -0.297. The minimum absolute atomic E-state index is 0.107. The number of rotatable bonds is 1. The molecule has 1 aromatic carbocycles. The smallest absolute Gasteiger partial charge is 0.238 e. The fourth-order valence-electron chi connectivity index (χ4n) is 4.26. The summed E-state index contributed by atoms with van der Waals surface area (Å²) in [6, 6.07) is 4.40. The van der Waals surface area contributed by atoms with Crippen LogP contribution in [0.15, 0.2) is 18.2 Å². The number of hydrogen-bond acceptors (Lipinski definition) is 3. The van der Waals surface area contributed by atoms with Gasteiger partial charge in [0.2, 0.25) is 11.8 Å². The predicted molar refractivity (Wildman–Crippen MR) is 89.6 cm³/mol. The van der Waals surface area contributed by atoms with Crippen LogP contribution in [-0.2, 0) is 9.59 Å². The van der Waals surface area contributed by atoms with Crippen molar-refractivity contribution in [2.24, 2.45) is 23.7 Å². The van der Waals surface area contributed by atoms with Gasteiger partial charge >= 0.3 is 0 Å². The van der Waals surface area contributed by atoms with Crippen LogP contribution in [0.25, 0.3) is 0 Å². The van der Waals surface area contributed by atoms with Gasteiger partial charge in [-0.2, -0.15) is 0 Å². The van der Waals surface area contributed by atoms with E-state index in [0.29, 0.717) is 5.02 Å². The molecule has 2 amide bonds. The van der Waals surface area contributed by atoms with Crippen molar-refractivity contribution in [3.05, 3.63) is 23.2 Å². The Labute approximate surface area is 149 Å². The summed E-state index contributed by atoms with van der Waals surface area (Å²) < 4.78 is 0. The summed E-state index contributed by atoms with van der Waals surface area (Å²) >= 11 is 13.2. The van der Waals surface area contributed by atoms with Crippen LogP contribution in [0.5, 0.6) is 5.75 Å². The lowest BCUT2D eigenvalue weighted by molar-refractivity contribution is -0.123. The van der Waals surface area contributed by atoms with E-state index in [1.165, 1.54) is 18.2 Å². The van der Waals surface area contributed by atoms with Gasteiger partial charge in [0.05, 0.1) is 17.5 Å². The van der Waals surface area contributed by atoms with Crippen LogP contribution in [0.3, 0.4) is 0 Å². The van der Waals surface area contributed by atoms with E-state index in [-0.39, 0.29) is 56.6 Å². The molecule has 6 atom stereocenters. The molecule has 1 heterocycles. The molecule has 2 aliphatic carbocycles. The van der Waals surface area contributed by atoms with Gasteiger partial charge in [0.25, 0.3) is 0 Å². The van der Waals surface area contributed by atoms with Gasteiger partial charge < -0.3 is 5.11 Å². The number of fused-ring (bicyclic) bond motifs is 5. The van der Waals surface area contributed by atoms with Crippen LogP contribution < -0.4 is 4.90 Å². The summed E-state index contributed by atoms with van der Waals surface area (Å²) in [5.74, 6) is -0.829. The molecule has 1 N–H and O–H groups in total. The highest BCUT2D eigenvalue weighted by Crippen LogP contribution is 2.60. The molecule has 2 bridgehead atoms. The molecular weight excluding hydrogens is 437 g/mol. The first-order chi connectivity index (χ1) is 10.4. The maximum atomic E-state index is 12.8. The van der Waals surface area contributed by atoms with Crippen LogP contribution in [0, 0.1) is 23.7 Å². The zero-order valence-electron chi connectivity index (χ0n) is 11.2. The Balaban J connectivity index is 1.77. The highest BCUT2D eigenvalue weighted by atomic mass is 79.9. The molecule has 3 fully saturated rings. The van der Waals surface area contributed by atoms with E-state index in [0.717, 1.165) is 11.3 Å². The molecule has 7 heteroatoms. The van der Waals surface area contributed by atoms with E-state index in [1.54, 1.807) is 0 Å². The van der Waals surface area contributed by atoms with E-state index in [9.17, 15) is 14.7 Å². The third-order valence-electron chi connectivity index (χ3n) is 5.17. The van der Waals surface area contributed by atoms with Gasteiger partial charge in [-0.05, 0) is 36.5 Å². The Morgan fingerprint density at radius 3 is 2.18 bits per heavy atom. The van der Waals surface area contributed by atoms with Gasteiger partial charge in [0.15, 0.2) is 0 Å². The number of halogens is 3. The van der Waals surface area contributed by atoms with Crippen LogP contribution in [0.1, 0.15) is 6.42 Å². The summed E-state index contributed by atoms with van der Waals surface area (Å²) in [5, 5.41) is 10.4. The summed E-state index contributed by atoms with van der Waals surface area (Å²) in [4.78, 5) is 27.2. The average molecular weight is 450 g/mol. The van der Waals surface area contributed by atoms with Gasteiger partial charge in [-0.1, -0.05) is 43.5 Å². The SMILES string of the molecule is O=C1[C@H]2[C@@H]3C[C@H]([C@@H](Br)[C@H]3Br)[C@@H]2C(=O)N1c1cc(Cl)ccc1O. The first-order valence-corrected chi connectivity index (χ1v) is 9.27. The number of aromatic hydroxyl groups is 1. The first kappa shape index (κ1) is 15.0. The lowest BCUT2D eigenvalue weighted by Crippen LogP contribution is -2.37. The number of anilines is 1. The number of imide groups is 1. The second-order valence-electron chi connectivity index (χ2n) is 6.15. The second kappa shape index (κ2) is 4.95. The number of hydrogen-bond donors (Lipinski definition) is 1. The number of amides is 2. The molecule has 116 valence electrons. The largest absolute Gasteiger partial charge is 0.506 e. The van der Waals surface area contributed by atoms with Crippen molar-refractivity contribution in [2.75, 3.05) is 4.90 Å². The van der Waals surface area contributed by atoms with E-state index >= 15 is 0 Å². The minimum Gasteiger partial charge on any atom is -0.506 e. The molecule has 22 heavy (non-hydrogen) atoms. The molecule has 0 radical (unpaired) electrons. The monoisotopic (exact) mass is 447 g/mol. The summed E-state index contributed by atoms with van der Waals surface area (Å²) in [6.45, 7) is 0. The highest BCUT2D eigenvalue weighted by Gasteiger charge is 2.66. The van der Waals surface area contributed by atoms with Crippen LogP contribution >= 0.6 is 43.5 Å². The van der Waals surface area contributed by atoms with E-state index in [2.05, 4.69) is 31.9 Å². The Morgan fingerprint density at radius 2 is 1.64 bits per heavy atom. The quantitative estimate of drug-likeness (QED) is 0.529. The van der Waals surface area contributed by atoms with Crippen LogP contribution in [-0.4, -0.2) is 26.6 Å². The maximum absolute atomic E-state index is 12.8. The molecule has 2 saturated carbocycles. The van der Waals surface area contributed by atoms with E-state index in [1.807, 2.05) is 0 Å². The summed E-state index contributed by atoms with van der Waals surface area (Å²) in [7, 11) is 0. The molecule has 1 aromatic rings. The number of carbonyl (C=O) groups excluding carboxylic acids is 2. The van der Waals surface area contributed by atoms with Crippen molar-refractivity contribution in [2.45, 2.75) is 16.1 Å². The van der Waals surface area contributed by atoms with Gasteiger partial charge in [-0.3, -0.25) is 9.59 Å². The average Bonchev–Trinajstić information content (AvgIpc) is 3.07. The Hall–Kier alpha value is -0.590. The molecule has 3 aliphatic rings. The Morgan fingerprint density at radius 1 is 1.09 bits per heavy atom. The number of phenols is 1. The van der Waals surface area contributed by atoms with Crippen molar-refractivity contribution in [3.8, 4) is 5.75 Å². The van der Waals surface area contributed by atoms with Crippen LogP contribution in [0.4, 0.5) is 5.69 Å². The van der Waals surface area contributed by atoms with E-state index < -0.39 is 0 Å². The van der Waals surface area contributed by atoms with Crippen molar-refractivity contribution in [3.63, 3.8) is 0 Å². The number of phenolic OH excluding ortho intramolecular Hbond substituents is 1. The van der Waals surface area contributed by atoms with Gasteiger partial charge in [0, 0.05) is 14.7 Å². The Kier molecular flexibility index (Phi) is 3.37. The van der Waals surface area contributed by atoms with Gasteiger partial charge in [-0.25, -0.2) is 4.90 Å². The first-order valence-electron chi connectivity index (χ1n) is 7.06. The molecule has 4 rings (SSSR count). The van der Waals surface area contributed by atoms with Crippen LogP contribution in [0.2, 0.25) is 5.02 Å². The van der Waals surface area contributed by atoms with Crippen molar-refractivity contribution < 1.29 is 14.7 Å².